The molecule has 3 aromatic carbocycles. The van der Waals surface area contributed by atoms with Gasteiger partial charge in [0, 0.05) is 5.56 Å². The second-order valence-corrected chi connectivity index (χ2v) is 8.53. The minimum atomic E-state index is -0.803. The summed E-state index contributed by atoms with van der Waals surface area (Å²) in [5.74, 6) is 0.0194. The number of nitrogen functional groups attached to an aromatic ring is 1. The lowest BCUT2D eigenvalue weighted by Crippen LogP contribution is -2.13. The third-order valence-corrected chi connectivity index (χ3v) is 6.14. The first-order valence-corrected chi connectivity index (χ1v) is 10.8. The lowest BCUT2D eigenvalue weighted by atomic mass is 9.94. The number of carboxylic acid groups (broad SMARTS) is 1. The molecule has 4 rings (SSSR count). The topological polar surface area (TPSA) is 72.5 Å². The fraction of sp³-hybridized carbons (Fsp3) is 0.346. The molecule has 0 heterocycles. The van der Waals surface area contributed by atoms with Gasteiger partial charge in [-0.05, 0) is 65.3 Å². The molecule has 4 heteroatoms. The minimum absolute atomic E-state index is 0.434. The highest BCUT2D eigenvalue weighted by Crippen LogP contribution is 2.39. The molecule has 1 fully saturated rings. The predicted octanol–water partition coefficient (Wildman–Crippen LogP) is 5.92. The molecule has 4 nitrogen and oxygen atoms in total. The van der Waals surface area contributed by atoms with E-state index in [1.165, 1.54) is 31.1 Å². The van der Waals surface area contributed by atoms with Gasteiger partial charge in [0.05, 0.1) is 18.2 Å². The van der Waals surface area contributed by atoms with Gasteiger partial charge in [-0.2, -0.15) is 0 Å². The Morgan fingerprint density at radius 2 is 1.83 bits per heavy atom. The zero-order valence-corrected chi connectivity index (χ0v) is 17.4. The third-order valence-electron chi connectivity index (χ3n) is 6.14. The van der Waals surface area contributed by atoms with Crippen molar-refractivity contribution < 1.29 is 14.6 Å². The van der Waals surface area contributed by atoms with Gasteiger partial charge in [0.15, 0.2) is 0 Å². The Morgan fingerprint density at radius 3 is 2.57 bits per heavy atom. The Balaban J connectivity index is 1.74. The van der Waals surface area contributed by atoms with Gasteiger partial charge in [-0.3, -0.25) is 4.79 Å². The van der Waals surface area contributed by atoms with Crippen LogP contribution in [0.1, 0.15) is 38.2 Å². The Kier molecular flexibility index (Phi) is 5.93. The van der Waals surface area contributed by atoms with Gasteiger partial charge in [-0.15, -0.1) is 0 Å². The summed E-state index contributed by atoms with van der Waals surface area (Å²) in [4.78, 5) is 11.4. The number of aliphatic carboxylic acids is 1. The predicted molar refractivity (Wildman–Crippen MR) is 122 cm³/mol. The lowest BCUT2D eigenvalue weighted by molar-refractivity contribution is -0.141. The number of hydrogen-bond acceptors (Lipinski definition) is 3. The van der Waals surface area contributed by atoms with Crippen LogP contribution in [0.15, 0.2) is 54.6 Å². The number of rotatable bonds is 7. The molecule has 1 aliphatic rings. The summed E-state index contributed by atoms with van der Waals surface area (Å²) in [6.07, 6.45) is 5.39. The summed E-state index contributed by atoms with van der Waals surface area (Å²) in [6, 6.07) is 18.5. The van der Waals surface area contributed by atoms with Gasteiger partial charge in [-0.25, -0.2) is 0 Å². The number of carboxylic acids is 1. The number of ether oxygens (including phenoxy) is 1. The molecule has 1 saturated carbocycles. The molecule has 0 saturated heterocycles. The lowest BCUT2D eigenvalue weighted by Gasteiger charge is -2.19. The van der Waals surface area contributed by atoms with Crippen molar-refractivity contribution in [1.29, 1.82) is 0 Å². The smallest absolute Gasteiger partial charge is 0.306 e. The van der Waals surface area contributed by atoms with Crippen molar-refractivity contribution in [1.82, 2.24) is 0 Å². The van der Waals surface area contributed by atoms with E-state index >= 15 is 0 Å². The molecule has 0 aromatic heterocycles. The molecule has 0 aliphatic heterocycles. The number of fused-ring (bicyclic) bond motifs is 1. The van der Waals surface area contributed by atoms with E-state index in [1.807, 2.05) is 24.3 Å². The number of anilines is 1. The van der Waals surface area contributed by atoms with Crippen molar-refractivity contribution in [2.24, 2.45) is 11.8 Å². The van der Waals surface area contributed by atoms with Crippen LogP contribution in [-0.4, -0.2) is 17.7 Å². The Labute approximate surface area is 177 Å². The van der Waals surface area contributed by atoms with Gasteiger partial charge >= 0.3 is 5.97 Å². The molecule has 1 unspecified atom stereocenters. The number of carbonyl (C=O) groups is 1. The first kappa shape index (κ1) is 20.3. The standard InChI is InChI=1S/C26H29NO3/c1-17(26(28)29)12-19-13-23(22-11-10-20-8-4-5-9-21(20)15-22)25(24(27)14-19)30-16-18-6-2-3-7-18/h4-5,8-11,13-15,17-18H,2-3,6-7,12,16,27H2,1H3,(H,28,29). The van der Waals surface area contributed by atoms with Gasteiger partial charge in [-0.1, -0.05) is 56.2 Å². The van der Waals surface area contributed by atoms with E-state index in [4.69, 9.17) is 10.5 Å². The number of benzene rings is 3. The van der Waals surface area contributed by atoms with E-state index in [9.17, 15) is 9.90 Å². The van der Waals surface area contributed by atoms with E-state index in [1.54, 1.807) is 6.92 Å². The molecule has 1 aliphatic carbocycles. The zero-order chi connectivity index (χ0) is 21.1. The van der Waals surface area contributed by atoms with Crippen LogP contribution in [0.2, 0.25) is 0 Å². The molecule has 156 valence electrons. The maximum absolute atomic E-state index is 11.4. The van der Waals surface area contributed by atoms with Crippen LogP contribution in [0.5, 0.6) is 5.75 Å². The Morgan fingerprint density at radius 1 is 1.10 bits per heavy atom. The van der Waals surface area contributed by atoms with E-state index in [0.29, 0.717) is 30.4 Å². The highest BCUT2D eigenvalue weighted by Gasteiger charge is 2.20. The zero-order valence-electron chi connectivity index (χ0n) is 17.4. The molecular formula is C26H29NO3. The highest BCUT2D eigenvalue weighted by atomic mass is 16.5. The fourth-order valence-corrected chi connectivity index (χ4v) is 4.38. The molecule has 3 aromatic rings. The molecule has 0 radical (unpaired) electrons. The number of hydrogen-bond donors (Lipinski definition) is 2. The van der Waals surface area contributed by atoms with Crippen molar-refractivity contribution in [3.63, 3.8) is 0 Å². The molecule has 30 heavy (non-hydrogen) atoms. The van der Waals surface area contributed by atoms with E-state index in [0.717, 1.165) is 22.1 Å². The highest BCUT2D eigenvalue weighted by molar-refractivity contribution is 5.89. The van der Waals surface area contributed by atoms with Crippen molar-refractivity contribution >= 4 is 22.4 Å². The summed E-state index contributed by atoms with van der Waals surface area (Å²) < 4.78 is 6.28. The summed E-state index contributed by atoms with van der Waals surface area (Å²) in [6.45, 7) is 2.40. The van der Waals surface area contributed by atoms with Crippen molar-refractivity contribution in [2.75, 3.05) is 12.3 Å². The average molecular weight is 404 g/mol. The van der Waals surface area contributed by atoms with Gasteiger partial charge in [0.25, 0.3) is 0 Å². The Bertz CT molecular complexity index is 1050. The van der Waals surface area contributed by atoms with Crippen LogP contribution in [0, 0.1) is 11.8 Å². The van der Waals surface area contributed by atoms with Crippen LogP contribution < -0.4 is 10.5 Å². The fourth-order valence-electron chi connectivity index (χ4n) is 4.38. The molecule has 0 spiro atoms. The van der Waals surface area contributed by atoms with Crippen LogP contribution >= 0.6 is 0 Å². The maximum Gasteiger partial charge on any atom is 0.306 e. The minimum Gasteiger partial charge on any atom is -0.490 e. The Hall–Kier alpha value is -3.01. The monoisotopic (exact) mass is 403 g/mol. The van der Waals surface area contributed by atoms with Crippen LogP contribution in [0.25, 0.3) is 21.9 Å². The van der Waals surface area contributed by atoms with Crippen molar-refractivity contribution in [2.45, 2.75) is 39.0 Å². The summed E-state index contributed by atoms with van der Waals surface area (Å²) in [5.41, 5.74) is 9.90. The molecule has 1 atom stereocenters. The van der Waals surface area contributed by atoms with Crippen LogP contribution in [0.3, 0.4) is 0 Å². The number of nitrogens with two attached hydrogens (primary N) is 1. The van der Waals surface area contributed by atoms with Gasteiger partial charge in [0.2, 0.25) is 0 Å². The van der Waals surface area contributed by atoms with Crippen LogP contribution in [0.4, 0.5) is 5.69 Å². The summed E-state index contributed by atoms with van der Waals surface area (Å²) in [7, 11) is 0. The van der Waals surface area contributed by atoms with Crippen molar-refractivity contribution in [3.05, 3.63) is 60.2 Å². The maximum atomic E-state index is 11.4. The molecule has 3 N–H and O–H groups in total. The van der Waals surface area contributed by atoms with Crippen LogP contribution in [-0.2, 0) is 11.2 Å². The first-order valence-electron chi connectivity index (χ1n) is 10.8. The van der Waals surface area contributed by atoms with Gasteiger partial charge in [0.1, 0.15) is 5.75 Å². The second-order valence-electron chi connectivity index (χ2n) is 8.53. The summed E-state index contributed by atoms with van der Waals surface area (Å²) in [5, 5.41) is 11.7. The first-order chi connectivity index (χ1) is 14.5. The van der Waals surface area contributed by atoms with Gasteiger partial charge < -0.3 is 15.6 Å². The normalized spacial score (nSPS) is 15.4. The van der Waals surface area contributed by atoms with E-state index in [2.05, 4.69) is 30.3 Å². The SMILES string of the molecule is CC(Cc1cc(N)c(OCC2CCCC2)c(-c2ccc3ccccc3c2)c1)C(=O)O. The summed E-state index contributed by atoms with van der Waals surface area (Å²) >= 11 is 0. The molecular weight excluding hydrogens is 374 g/mol. The average Bonchev–Trinajstić information content (AvgIpc) is 3.26. The van der Waals surface area contributed by atoms with E-state index < -0.39 is 11.9 Å². The molecule has 0 amide bonds. The largest absolute Gasteiger partial charge is 0.490 e. The molecule has 0 bridgehead atoms. The van der Waals surface area contributed by atoms with E-state index in [-0.39, 0.29) is 0 Å². The quantitative estimate of drug-likeness (QED) is 0.480. The van der Waals surface area contributed by atoms with Crippen molar-refractivity contribution in [3.8, 4) is 16.9 Å². The third kappa shape index (κ3) is 4.43. The second kappa shape index (κ2) is 8.78.